The summed E-state index contributed by atoms with van der Waals surface area (Å²) in [5, 5.41) is 15.2. The molecule has 0 aliphatic carbocycles. The van der Waals surface area contributed by atoms with Gasteiger partial charge < -0.3 is 10.1 Å². The van der Waals surface area contributed by atoms with E-state index in [2.05, 4.69) is 32.5 Å². The summed E-state index contributed by atoms with van der Waals surface area (Å²) in [6.07, 6.45) is 1.10. The summed E-state index contributed by atoms with van der Waals surface area (Å²) < 4.78 is 6.23. The molecule has 1 rings (SSSR count). The molecule has 17 heavy (non-hydrogen) atoms. The SMILES string of the molecule is CCCNCCn1nnnc1SCC(=O)OC. The fourth-order valence-corrected chi connectivity index (χ4v) is 1.85. The Morgan fingerprint density at radius 3 is 3.06 bits per heavy atom. The minimum absolute atomic E-state index is 0.221. The number of carbonyl (C=O) groups excluding carboxylic acids is 1. The third-order valence-electron chi connectivity index (χ3n) is 1.97. The van der Waals surface area contributed by atoms with Gasteiger partial charge in [-0.15, -0.1) is 5.10 Å². The molecule has 0 radical (unpaired) electrons. The van der Waals surface area contributed by atoms with Crippen LogP contribution in [0, 0.1) is 0 Å². The topological polar surface area (TPSA) is 81.9 Å². The van der Waals surface area contributed by atoms with Gasteiger partial charge in [0.2, 0.25) is 5.16 Å². The van der Waals surface area contributed by atoms with Crippen molar-refractivity contribution in [1.82, 2.24) is 25.5 Å². The third-order valence-corrected chi connectivity index (χ3v) is 2.90. The Morgan fingerprint density at radius 2 is 2.35 bits per heavy atom. The van der Waals surface area contributed by atoms with Gasteiger partial charge in [0.1, 0.15) is 0 Å². The second kappa shape index (κ2) is 8.02. The highest BCUT2D eigenvalue weighted by Gasteiger charge is 2.09. The molecular formula is C9H17N5O2S. The number of methoxy groups -OCH3 is 1. The van der Waals surface area contributed by atoms with Crippen LogP contribution in [0.25, 0.3) is 0 Å². The molecule has 0 saturated heterocycles. The maximum Gasteiger partial charge on any atom is 0.316 e. The van der Waals surface area contributed by atoms with Crippen LogP contribution in [0.15, 0.2) is 5.16 Å². The first-order chi connectivity index (χ1) is 8.27. The molecule has 0 aromatic carbocycles. The van der Waals surface area contributed by atoms with E-state index in [1.165, 1.54) is 18.9 Å². The zero-order valence-electron chi connectivity index (χ0n) is 10.0. The minimum Gasteiger partial charge on any atom is -0.468 e. The summed E-state index contributed by atoms with van der Waals surface area (Å²) in [6, 6.07) is 0. The molecule has 0 saturated carbocycles. The van der Waals surface area contributed by atoms with Crippen molar-refractivity contribution < 1.29 is 9.53 Å². The van der Waals surface area contributed by atoms with Crippen molar-refractivity contribution in [3.63, 3.8) is 0 Å². The second-order valence-corrected chi connectivity index (χ2v) is 4.24. The van der Waals surface area contributed by atoms with E-state index in [9.17, 15) is 4.79 Å². The fraction of sp³-hybridized carbons (Fsp3) is 0.778. The molecule has 0 amide bonds. The van der Waals surface area contributed by atoms with Crippen LogP contribution >= 0.6 is 11.8 Å². The number of rotatable bonds is 8. The minimum atomic E-state index is -0.284. The zero-order chi connectivity index (χ0) is 12.5. The van der Waals surface area contributed by atoms with Gasteiger partial charge in [-0.05, 0) is 23.4 Å². The Labute approximate surface area is 104 Å². The number of nitrogens with zero attached hydrogens (tertiary/aromatic N) is 4. The van der Waals surface area contributed by atoms with E-state index in [4.69, 9.17) is 0 Å². The van der Waals surface area contributed by atoms with Crippen molar-refractivity contribution in [3.05, 3.63) is 0 Å². The van der Waals surface area contributed by atoms with E-state index in [0.29, 0.717) is 11.7 Å². The smallest absolute Gasteiger partial charge is 0.316 e. The van der Waals surface area contributed by atoms with Crippen molar-refractivity contribution in [2.24, 2.45) is 0 Å². The lowest BCUT2D eigenvalue weighted by Crippen LogP contribution is -2.21. The summed E-state index contributed by atoms with van der Waals surface area (Å²) in [7, 11) is 1.36. The first-order valence-electron chi connectivity index (χ1n) is 5.44. The molecule has 8 heteroatoms. The number of esters is 1. The summed E-state index contributed by atoms with van der Waals surface area (Å²) in [6.45, 7) is 4.59. The second-order valence-electron chi connectivity index (χ2n) is 3.30. The highest BCUT2D eigenvalue weighted by atomic mass is 32.2. The van der Waals surface area contributed by atoms with Gasteiger partial charge in [0, 0.05) is 6.54 Å². The number of thioether (sulfide) groups is 1. The highest BCUT2D eigenvalue weighted by Crippen LogP contribution is 2.12. The van der Waals surface area contributed by atoms with Crippen molar-refractivity contribution in [3.8, 4) is 0 Å². The van der Waals surface area contributed by atoms with Crippen LogP contribution in [0.3, 0.4) is 0 Å². The predicted molar refractivity (Wildman–Crippen MR) is 63.7 cm³/mol. The van der Waals surface area contributed by atoms with Crippen LogP contribution in [0.5, 0.6) is 0 Å². The van der Waals surface area contributed by atoms with Gasteiger partial charge in [-0.2, -0.15) is 0 Å². The molecule has 0 aliphatic heterocycles. The molecule has 0 unspecified atom stereocenters. The zero-order valence-corrected chi connectivity index (χ0v) is 10.9. The van der Waals surface area contributed by atoms with Crippen molar-refractivity contribution >= 4 is 17.7 Å². The Bertz CT molecular complexity index is 344. The Hall–Kier alpha value is -1.15. The molecular weight excluding hydrogens is 242 g/mol. The summed E-state index contributed by atoms with van der Waals surface area (Å²) >= 11 is 1.27. The van der Waals surface area contributed by atoms with Crippen LogP contribution in [-0.4, -0.2) is 52.1 Å². The number of ether oxygens (including phenoxy) is 1. The molecule has 7 nitrogen and oxygen atoms in total. The average Bonchev–Trinajstić information content (AvgIpc) is 2.79. The van der Waals surface area contributed by atoms with E-state index < -0.39 is 0 Å². The standard InChI is InChI=1S/C9H17N5O2S/c1-3-4-10-5-6-14-9(11-12-13-14)17-7-8(15)16-2/h10H,3-7H2,1-2H3. The monoisotopic (exact) mass is 259 g/mol. The lowest BCUT2D eigenvalue weighted by atomic mass is 10.5. The van der Waals surface area contributed by atoms with Crippen LogP contribution < -0.4 is 5.32 Å². The van der Waals surface area contributed by atoms with Crippen molar-refractivity contribution in [2.75, 3.05) is 26.0 Å². The molecule has 96 valence electrons. The van der Waals surface area contributed by atoms with Gasteiger partial charge in [0.15, 0.2) is 0 Å². The Balaban J connectivity index is 2.34. The molecule has 0 spiro atoms. The molecule has 0 atom stereocenters. The van der Waals surface area contributed by atoms with Crippen LogP contribution in [0.2, 0.25) is 0 Å². The van der Waals surface area contributed by atoms with E-state index >= 15 is 0 Å². The number of tetrazole rings is 1. The van der Waals surface area contributed by atoms with E-state index in [0.717, 1.165) is 19.5 Å². The fourth-order valence-electron chi connectivity index (χ4n) is 1.11. The third kappa shape index (κ3) is 5.14. The van der Waals surface area contributed by atoms with Crippen LogP contribution in [0.4, 0.5) is 0 Å². The summed E-state index contributed by atoms with van der Waals surface area (Å²) in [5.41, 5.74) is 0. The van der Waals surface area contributed by atoms with E-state index in [1.807, 2.05) is 0 Å². The molecule has 1 heterocycles. The molecule has 1 aromatic heterocycles. The quantitative estimate of drug-likeness (QED) is 0.398. The normalized spacial score (nSPS) is 10.5. The van der Waals surface area contributed by atoms with Crippen LogP contribution in [-0.2, 0) is 16.1 Å². The molecule has 0 bridgehead atoms. The summed E-state index contributed by atoms with van der Waals surface area (Å²) in [5.74, 6) is -0.0622. The summed E-state index contributed by atoms with van der Waals surface area (Å²) in [4.78, 5) is 11.0. The maximum atomic E-state index is 11.0. The van der Waals surface area contributed by atoms with E-state index in [1.54, 1.807) is 4.68 Å². The van der Waals surface area contributed by atoms with Crippen molar-refractivity contribution in [2.45, 2.75) is 25.0 Å². The largest absolute Gasteiger partial charge is 0.468 e. The first kappa shape index (κ1) is 13.9. The predicted octanol–water partition coefficient (Wildman–Crippen LogP) is -0.0622. The first-order valence-corrected chi connectivity index (χ1v) is 6.43. The average molecular weight is 259 g/mol. The lowest BCUT2D eigenvalue weighted by molar-refractivity contribution is -0.137. The molecule has 0 fully saturated rings. The molecule has 1 N–H and O–H groups in total. The highest BCUT2D eigenvalue weighted by molar-refractivity contribution is 7.99. The number of hydrogen-bond acceptors (Lipinski definition) is 7. The Kier molecular flexibility index (Phi) is 6.56. The number of nitrogens with one attached hydrogen (secondary N) is 1. The van der Waals surface area contributed by atoms with Gasteiger partial charge in [0.05, 0.1) is 19.4 Å². The number of aromatic nitrogens is 4. The van der Waals surface area contributed by atoms with Gasteiger partial charge in [-0.25, -0.2) is 4.68 Å². The van der Waals surface area contributed by atoms with Gasteiger partial charge >= 0.3 is 5.97 Å². The lowest BCUT2D eigenvalue weighted by Gasteiger charge is -2.04. The van der Waals surface area contributed by atoms with Crippen molar-refractivity contribution in [1.29, 1.82) is 0 Å². The van der Waals surface area contributed by atoms with Gasteiger partial charge in [-0.1, -0.05) is 18.7 Å². The number of hydrogen-bond donors (Lipinski definition) is 1. The molecule has 0 aliphatic rings. The van der Waals surface area contributed by atoms with Crippen LogP contribution in [0.1, 0.15) is 13.3 Å². The Morgan fingerprint density at radius 1 is 1.53 bits per heavy atom. The number of carbonyl (C=O) groups is 1. The van der Waals surface area contributed by atoms with E-state index in [-0.39, 0.29) is 11.7 Å². The van der Waals surface area contributed by atoms with Gasteiger partial charge in [0.25, 0.3) is 0 Å². The molecule has 1 aromatic rings. The van der Waals surface area contributed by atoms with Gasteiger partial charge in [-0.3, -0.25) is 4.79 Å². The maximum absolute atomic E-state index is 11.0.